The van der Waals surface area contributed by atoms with Crippen LogP contribution >= 0.6 is 23.2 Å². The summed E-state index contributed by atoms with van der Waals surface area (Å²) >= 11 is 12.9. The van der Waals surface area contributed by atoms with Crippen LogP contribution in [0.2, 0.25) is 10.0 Å². The van der Waals surface area contributed by atoms with E-state index in [-0.39, 0.29) is 4.91 Å². The Labute approximate surface area is 315 Å². The number of ether oxygens (including phenoxy) is 1. The number of nitrogens with zero attached hydrogens (tertiary/aromatic N) is 2. The molecule has 2 heterocycles. The number of imidazole rings is 1. The highest BCUT2D eigenvalue weighted by Crippen LogP contribution is 2.40. The fourth-order valence-electron chi connectivity index (χ4n) is 7.12. The fraction of sp³-hybridized carbons (Fsp3) is 0.286. The van der Waals surface area contributed by atoms with E-state index in [1.54, 1.807) is 51.1 Å². The van der Waals surface area contributed by atoms with Crippen molar-refractivity contribution in [3.05, 3.63) is 124 Å². The Morgan fingerprint density at radius 3 is 2.17 bits per heavy atom. The molecule has 0 spiro atoms. The van der Waals surface area contributed by atoms with Gasteiger partial charge in [-0.2, -0.15) is 0 Å². The molecule has 0 saturated heterocycles. The Hall–Kier alpha value is -4.37. The van der Waals surface area contributed by atoms with Crippen molar-refractivity contribution in [1.29, 1.82) is 0 Å². The maximum Gasteiger partial charge on any atom is 0.268 e. The highest BCUT2D eigenvalue weighted by Gasteiger charge is 2.44. The number of benzene rings is 4. The van der Waals surface area contributed by atoms with Gasteiger partial charge < -0.3 is 9.72 Å². The zero-order valence-electron chi connectivity index (χ0n) is 29.5. The van der Waals surface area contributed by atoms with Gasteiger partial charge in [0.1, 0.15) is 16.5 Å². The van der Waals surface area contributed by atoms with E-state index in [2.05, 4.69) is 41.4 Å². The summed E-state index contributed by atoms with van der Waals surface area (Å²) in [7, 11) is -4.05. The van der Waals surface area contributed by atoms with E-state index >= 15 is 0 Å². The fourth-order valence-corrected chi connectivity index (χ4v) is 9.50. The van der Waals surface area contributed by atoms with E-state index in [1.165, 1.54) is 38.2 Å². The number of carbonyl (C=O) groups is 1. The third-order valence-corrected chi connectivity index (χ3v) is 12.3. The van der Waals surface area contributed by atoms with Crippen LogP contribution in [-0.2, 0) is 21.2 Å². The number of hydrogen-bond donors (Lipinski definition) is 1. The maximum atomic E-state index is 13.6. The molecule has 4 aromatic carbocycles. The first-order chi connectivity index (χ1) is 24.9. The molecule has 52 heavy (non-hydrogen) atoms. The molecule has 7 nitrogen and oxygen atoms in total. The highest BCUT2D eigenvalue weighted by atomic mass is 35.5. The Morgan fingerprint density at radius 2 is 1.52 bits per heavy atom. The van der Waals surface area contributed by atoms with Gasteiger partial charge in [0.25, 0.3) is 15.9 Å². The largest absolute Gasteiger partial charge is 0.493 e. The van der Waals surface area contributed by atoms with E-state index < -0.39 is 21.5 Å². The summed E-state index contributed by atoms with van der Waals surface area (Å²) in [6.45, 7) is 5.88. The van der Waals surface area contributed by atoms with Gasteiger partial charge in [0, 0.05) is 28.6 Å². The molecule has 10 heteroatoms. The molecule has 1 aliphatic carbocycles. The molecule has 7 rings (SSSR count). The first-order valence-electron chi connectivity index (χ1n) is 17.7. The number of halogens is 2. The van der Waals surface area contributed by atoms with E-state index in [0.717, 1.165) is 33.4 Å². The summed E-state index contributed by atoms with van der Waals surface area (Å²) in [6.07, 6.45) is 8.19. The number of hydrogen-bond acceptors (Lipinski definition) is 5. The predicted octanol–water partition coefficient (Wildman–Crippen LogP) is 10.6. The van der Waals surface area contributed by atoms with Gasteiger partial charge in [-0.05, 0) is 98.2 Å². The van der Waals surface area contributed by atoms with Gasteiger partial charge >= 0.3 is 0 Å². The molecule has 0 atom stereocenters. The normalized spacial score (nSPS) is 16.3. The molecular formula is C42H41Cl2N3O4S. The lowest BCUT2D eigenvalue weighted by molar-refractivity contribution is -0.123. The quantitative estimate of drug-likeness (QED) is 0.162. The van der Waals surface area contributed by atoms with Crippen LogP contribution in [0, 0.1) is 5.92 Å². The summed E-state index contributed by atoms with van der Waals surface area (Å²) in [4.78, 5) is 21.3. The van der Waals surface area contributed by atoms with E-state index in [0.29, 0.717) is 56.3 Å². The third kappa shape index (κ3) is 7.56. The van der Waals surface area contributed by atoms with Crippen LogP contribution < -0.4 is 4.74 Å². The molecule has 268 valence electrons. The second-order valence-electron chi connectivity index (χ2n) is 14.6. The van der Waals surface area contributed by atoms with Crippen molar-refractivity contribution < 1.29 is 17.9 Å². The molecule has 0 radical (unpaired) electrons. The number of amides is 1. The maximum absolute atomic E-state index is 13.6. The molecule has 0 bridgehead atoms. The zero-order valence-corrected chi connectivity index (χ0v) is 31.8. The summed E-state index contributed by atoms with van der Waals surface area (Å²) in [5.74, 6) is 1.71. The standard InChI is InChI=1S/C42H41Cl2N3O4S/c1-42(2,3)47-39(48)25-37(52(47,49)50)31-10-7-11-32(23-31)40-41(35-21-18-33(43)24-36(35)44)46-38(45-40)22-27-12-14-29(15-13-27)30-16-19-34(20-17-30)51-26-28-8-5-4-6-9-28/h7,10-21,23-25,28H,4-6,8-9,22,26H2,1-3H3,(H,45,46). The van der Waals surface area contributed by atoms with Crippen molar-refractivity contribution in [1.82, 2.24) is 14.3 Å². The monoisotopic (exact) mass is 753 g/mol. The predicted molar refractivity (Wildman–Crippen MR) is 210 cm³/mol. The van der Waals surface area contributed by atoms with Crippen molar-refractivity contribution in [2.45, 2.75) is 64.8 Å². The van der Waals surface area contributed by atoms with E-state index in [4.69, 9.17) is 32.9 Å². The van der Waals surface area contributed by atoms with Crippen LogP contribution in [-0.4, -0.2) is 40.7 Å². The van der Waals surface area contributed by atoms with Gasteiger partial charge in [0.2, 0.25) is 0 Å². The number of nitrogens with one attached hydrogen (secondary N) is 1. The van der Waals surface area contributed by atoms with Crippen molar-refractivity contribution in [2.24, 2.45) is 5.92 Å². The molecule has 1 N–H and O–H groups in total. The molecule has 1 amide bonds. The molecule has 1 fully saturated rings. The van der Waals surface area contributed by atoms with Crippen molar-refractivity contribution in [2.75, 3.05) is 6.61 Å². The van der Waals surface area contributed by atoms with Crippen LogP contribution in [0.3, 0.4) is 0 Å². The molecule has 1 saturated carbocycles. The van der Waals surface area contributed by atoms with Gasteiger partial charge in [-0.25, -0.2) is 17.7 Å². The van der Waals surface area contributed by atoms with Gasteiger partial charge in [-0.3, -0.25) is 4.79 Å². The van der Waals surface area contributed by atoms with E-state index in [1.807, 2.05) is 24.3 Å². The number of rotatable bonds is 9. The summed E-state index contributed by atoms with van der Waals surface area (Å²) in [5.41, 5.74) is 5.41. The minimum Gasteiger partial charge on any atom is -0.493 e. The lowest BCUT2D eigenvalue weighted by Gasteiger charge is -2.30. The number of aromatic nitrogens is 2. The number of aromatic amines is 1. The van der Waals surface area contributed by atoms with Crippen LogP contribution in [0.15, 0.2) is 97.1 Å². The van der Waals surface area contributed by atoms with Gasteiger partial charge in [0.05, 0.1) is 28.6 Å². The Bertz CT molecular complexity index is 2250. The Balaban J connectivity index is 1.15. The second kappa shape index (κ2) is 14.6. The number of carbonyl (C=O) groups excluding carboxylic acids is 1. The lowest BCUT2D eigenvalue weighted by atomic mass is 9.90. The molecule has 2 aliphatic rings. The molecule has 0 unspecified atom stereocenters. The average molecular weight is 755 g/mol. The van der Waals surface area contributed by atoms with E-state index in [9.17, 15) is 13.2 Å². The highest BCUT2D eigenvalue weighted by molar-refractivity contribution is 7.99. The van der Waals surface area contributed by atoms with Crippen molar-refractivity contribution >= 4 is 44.0 Å². The van der Waals surface area contributed by atoms with Crippen molar-refractivity contribution in [3.8, 4) is 39.4 Å². The van der Waals surface area contributed by atoms with Gasteiger partial charge in [-0.15, -0.1) is 0 Å². The summed E-state index contributed by atoms with van der Waals surface area (Å²) < 4.78 is 34.2. The first-order valence-corrected chi connectivity index (χ1v) is 19.8. The molecule has 5 aromatic rings. The second-order valence-corrected chi connectivity index (χ2v) is 17.2. The summed E-state index contributed by atoms with van der Waals surface area (Å²) in [5, 5.41) is 0.936. The number of H-pyrrole nitrogens is 1. The smallest absolute Gasteiger partial charge is 0.268 e. The van der Waals surface area contributed by atoms with Crippen LogP contribution in [0.5, 0.6) is 5.75 Å². The van der Waals surface area contributed by atoms with Gasteiger partial charge in [0.15, 0.2) is 0 Å². The van der Waals surface area contributed by atoms with Crippen LogP contribution in [0.1, 0.15) is 69.8 Å². The van der Waals surface area contributed by atoms with Crippen LogP contribution in [0.25, 0.3) is 38.5 Å². The molecular weight excluding hydrogens is 713 g/mol. The molecule has 1 aromatic heterocycles. The number of sulfonamides is 1. The third-order valence-electron chi connectivity index (χ3n) is 9.68. The SMILES string of the molecule is CC(C)(C)N1C(=O)C=C(c2cccc(-c3[nH]c(Cc4ccc(-c5ccc(OCC6CCCCC6)cc5)cc4)nc3-c3ccc(Cl)cc3Cl)c2)S1(=O)=O. The summed E-state index contributed by atoms with van der Waals surface area (Å²) in [6, 6.07) is 29.0. The Morgan fingerprint density at radius 1 is 0.846 bits per heavy atom. The minimum absolute atomic E-state index is 0.0400. The average Bonchev–Trinajstić information content (AvgIpc) is 3.64. The zero-order chi connectivity index (χ0) is 36.6. The first kappa shape index (κ1) is 36.0. The Kier molecular flexibility index (Phi) is 10.1. The van der Waals surface area contributed by atoms with Crippen molar-refractivity contribution in [3.63, 3.8) is 0 Å². The van der Waals surface area contributed by atoms with Gasteiger partial charge in [-0.1, -0.05) is 97.1 Å². The lowest BCUT2D eigenvalue weighted by Crippen LogP contribution is -2.45. The molecule has 1 aliphatic heterocycles. The topological polar surface area (TPSA) is 92.4 Å². The minimum atomic E-state index is -4.05. The van der Waals surface area contributed by atoms with Crippen LogP contribution in [0.4, 0.5) is 0 Å².